The average Bonchev–Trinajstić information content (AvgIpc) is 3.05. The molecule has 1 heterocycles. The predicted molar refractivity (Wildman–Crippen MR) is 126 cm³/mol. The minimum absolute atomic E-state index is 0.155. The van der Waals surface area contributed by atoms with Crippen molar-refractivity contribution in [2.24, 2.45) is 0 Å². The number of carboxylic acids is 1. The summed E-state index contributed by atoms with van der Waals surface area (Å²) in [5.74, 6) is -1.68. The van der Waals surface area contributed by atoms with Crippen molar-refractivity contribution < 1.29 is 33.8 Å². The van der Waals surface area contributed by atoms with E-state index in [1.165, 1.54) is 19.1 Å². The zero-order valence-electron chi connectivity index (χ0n) is 17.7. The van der Waals surface area contributed by atoms with Crippen molar-refractivity contribution in [3.05, 3.63) is 68.5 Å². The van der Waals surface area contributed by atoms with Crippen molar-refractivity contribution in [3.63, 3.8) is 0 Å². The fraction of sp³-hybridized carbons (Fsp3) is 0.217. The molecule has 10 heteroatoms. The van der Waals surface area contributed by atoms with Crippen LogP contribution in [0.2, 0.25) is 0 Å². The number of benzene rings is 2. The smallest absolute Gasteiger partial charge is 0.335 e. The summed E-state index contributed by atoms with van der Waals surface area (Å²) >= 11 is 4.19. The van der Waals surface area contributed by atoms with Crippen LogP contribution in [-0.2, 0) is 20.9 Å². The first-order valence-electron chi connectivity index (χ1n) is 9.89. The van der Waals surface area contributed by atoms with Crippen molar-refractivity contribution in [2.45, 2.75) is 26.5 Å². The first-order chi connectivity index (χ1) is 15.7. The number of carbonyl (C=O) groups excluding carboxylic acids is 3. The topological polar surface area (TPSA) is 110 Å². The molecule has 0 unspecified atom stereocenters. The molecule has 1 fully saturated rings. The molecule has 1 N–H and O–H groups in total. The fourth-order valence-electron chi connectivity index (χ4n) is 3.01. The van der Waals surface area contributed by atoms with Crippen molar-refractivity contribution in [2.75, 3.05) is 6.61 Å². The van der Waals surface area contributed by atoms with E-state index in [-0.39, 0.29) is 23.7 Å². The van der Waals surface area contributed by atoms with Gasteiger partial charge in [0.2, 0.25) is 0 Å². The molecule has 0 spiro atoms. The highest BCUT2D eigenvalue weighted by molar-refractivity contribution is 9.10. The van der Waals surface area contributed by atoms with E-state index < -0.39 is 29.1 Å². The number of carboxylic acid groups (broad SMARTS) is 1. The maximum atomic E-state index is 12.7. The van der Waals surface area contributed by atoms with Gasteiger partial charge in [0, 0.05) is 0 Å². The van der Waals surface area contributed by atoms with E-state index in [0.717, 1.165) is 16.7 Å². The van der Waals surface area contributed by atoms with Gasteiger partial charge in [-0.2, -0.15) is 0 Å². The second kappa shape index (κ2) is 10.7. The highest BCUT2D eigenvalue weighted by atomic mass is 79.9. The zero-order valence-corrected chi connectivity index (χ0v) is 20.1. The summed E-state index contributed by atoms with van der Waals surface area (Å²) in [4.78, 5) is 49.1. The Morgan fingerprint density at radius 1 is 1.21 bits per heavy atom. The second-order valence-electron chi connectivity index (χ2n) is 6.96. The highest BCUT2D eigenvalue weighted by Crippen LogP contribution is 2.35. The van der Waals surface area contributed by atoms with Gasteiger partial charge >= 0.3 is 11.9 Å². The summed E-state index contributed by atoms with van der Waals surface area (Å²) in [6.45, 7) is 3.43. The molecule has 2 amide bonds. The van der Waals surface area contributed by atoms with Crippen LogP contribution < -0.4 is 4.74 Å². The summed E-state index contributed by atoms with van der Waals surface area (Å²) in [5, 5.41) is 8.56. The van der Waals surface area contributed by atoms with Crippen LogP contribution in [0.3, 0.4) is 0 Å². The molecule has 1 atom stereocenters. The van der Waals surface area contributed by atoms with Crippen LogP contribution in [-0.4, -0.2) is 45.7 Å². The lowest BCUT2D eigenvalue weighted by molar-refractivity contribution is -0.150. The molecule has 1 saturated heterocycles. The number of hydrogen-bond donors (Lipinski definition) is 1. The Labute approximate surface area is 202 Å². The first kappa shape index (κ1) is 24.5. The third-order valence-electron chi connectivity index (χ3n) is 4.66. The van der Waals surface area contributed by atoms with Gasteiger partial charge in [-0.25, -0.2) is 9.59 Å². The lowest BCUT2D eigenvalue weighted by atomic mass is 10.1. The first-order valence-corrected chi connectivity index (χ1v) is 11.5. The van der Waals surface area contributed by atoms with Crippen molar-refractivity contribution in [1.29, 1.82) is 0 Å². The van der Waals surface area contributed by atoms with Crippen molar-refractivity contribution in [1.82, 2.24) is 4.90 Å². The number of aromatic carboxylic acids is 1. The molecule has 8 nitrogen and oxygen atoms in total. The van der Waals surface area contributed by atoms with Crippen LogP contribution in [0.5, 0.6) is 5.75 Å². The number of nitrogens with zero attached hydrogens (tertiary/aromatic N) is 1. The predicted octanol–water partition coefficient (Wildman–Crippen LogP) is 4.71. The molecule has 0 bridgehead atoms. The molecular weight excluding hydrogens is 514 g/mol. The van der Waals surface area contributed by atoms with Crippen molar-refractivity contribution in [3.8, 4) is 5.75 Å². The van der Waals surface area contributed by atoms with Gasteiger partial charge in [0.05, 0.1) is 21.5 Å². The molecule has 172 valence electrons. The molecule has 1 aliphatic heterocycles. The van der Waals surface area contributed by atoms with Crippen LogP contribution in [0.25, 0.3) is 6.08 Å². The van der Waals surface area contributed by atoms with Gasteiger partial charge in [-0.05, 0) is 83.0 Å². The summed E-state index contributed by atoms with van der Waals surface area (Å²) in [6.07, 6.45) is 1.56. The third-order valence-corrected chi connectivity index (χ3v) is 6.16. The minimum Gasteiger partial charge on any atom is -0.488 e. The highest BCUT2D eigenvalue weighted by Gasteiger charge is 2.41. The average molecular weight is 534 g/mol. The Balaban J connectivity index is 1.71. The van der Waals surface area contributed by atoms with Crippen LogP contribution in [0.4, 0.5) is 4.79 Å². The Morgan fingerprint density at radius 3 is 2.64 bits per heavy atom. The monoisotopic (exact) mass is 533 g/mol. The number of halogens is 1. The second-order valence-corrected chi connectivity index (χ2v) is 8.81. The van der Waals surface area contributed by atoms with Crippen LogP contribution in [0.1, 0.15) is 35.3 Å². The molecule has 0 radical (unpaired) electrons. The number of ether oxygens (including phenoxy) is 2. The number of amides is 2. The normalized spacial score (nSPS) is 15.6. The van der Waals surface area contributed by atoms with Crippen LogP contribution in [0, 0.1) is 0 Å². The number of imide groups is 1. The Bertz CT molecular complexity index is 1150. The molecule has 33 heavy (non-hydrogen) atoms. The van der Waals surface area contributed by atoms with E-state index in [4.69, 9.17) is 14.6 Å². The number of carbonyl (C=O) groups is 4. The largest absolute Gasteiger partial charge is 0.488 e. The van der Waals surface area contributed by atoms with Crippen molar-refractivity contribution >= 4 is 56.9 Å². The van der Waals surface area contributed by atoms with E-state index in [9.17, 15) is 19.2 Å². The number of rotatable bonds is 8. The molecule has 1 aliphatic rings. The van der Waals surface area contributed by atoms with E-state index in [2.05, 4.69) is 15.9 Å². The molecular formula is C23H20BrNO7S. The maximum absolute atomic E-state index is 12.7. The minimum atomic E-state index is -1.01. The van der Waals surface area contributed by atoms with Crippen LogP contribution in [0.15, 0.2) is 51.8 Å². The lowest BCUT2D eigenvalue weighted by Gasteiger charge is -2.19. The number of esters is 1. The molecule has 0 aliphatic carbocycles. The molecule has 0 saturated carbocycles. The van der Waals surface area contributed by atoms with E-state index in [1.807, 2.05) is 0 Å². The van der Waals surface area contributed by atoms with Gasteiger partial charge in [-0.15, -0.1) is 0 Å². The summed E-state index contributed by atoms with van der Waals surface area (Å²) in [5.41, 5.74) is 1.53. The summed E-state index contributed by atoms with van der Waals surface area (Å²) in [7, 11) is 0. The molecule has 3 rings (SSSR count). The fourth-order valence-corrected chi connectivity index (χ4v) is 4.43. The maximum Gasteiger partial charge on any atom is 0.335 e. The number of thioether (sulfide) groups is 1. The molecule has 2 aromatic rings. The zero-order chi connectivity index (χ0) is 24.1. The Hall–Kier alpha value is -3.11. The summed E-state index contributed by atoms with van der Waals surface area (Å²) < 4.78 is 11.3. The SMILES string of the molecule is CCOC(=O)[C@H](C)N1C(=O)S/C(=C/c2ccc(OCc3cccc(C(=O)O)c3)c(Br)c2)C1=O. The third kappa shape index (κ3) is 5.82. The van der Waals surface area contributed by atoms with Gasteiger partial charge in [0.15, 0.2) is 0 Å². The van der Waals surface area contributed by atoms with Gasteiger partial charge in [0.25, 0.3) is 11.1 Å². The lowest BCUT2D eigenvalue weighted by Crippen LogP contribution is -2.42. The van der Waals surface area contributed by atoms with Crippen LogP contribution >= 0.6 is 27.7 Å². The van der Waals surface area contributed by atoms with Gasteiger partial charge < -0.3 is 14.6 Å². The Kier molecular flexibility index (Phi) is 7.93. The van der Waals surface area contributed by atoms with E-state index in [1.54, 1.807) is 43.3 Å². The van der Waals surface area contributed by atoms with E-state index in [0.29, 0.717) is 21.3 Å². The Morgan fingerprint density at radius 2 is 1.97 bits per heavy atom. The van der Waals surface area contributed by atoms with Gasteiger partial charge in [-0.1, -0.05) is 18.2 Å². The molecule has 2 aromatic carbocycles. The molecule has 0 aromatic heterocycles. The quantitative estimate of drug-likeness (QED) is 0.383. The number of hydrogen-bond acceptors (Lipinski definition) is 7. The standard InChI is InChI=1S/C23H20BrNO7S/c1-3-31-22(29)13(2)25-20(26)19(33-23(25)30)11-14-7-8-18(17(24)10-14)32-12-15-5-4-6-16(9-15)21(27)28/h4-11,13H,3,12H2,1-2H3,(H,27,28)/b19-11+/t13-/m0/s1. The van der Waals surface area contributed by atoms with Gasteiger partial charge in [-0.3, -0.25) is 14.5 Å². The summed E-state index contributed by atoms with van der Waals surface area (Å²) in [6, 6.07) is 10.6. The van der Waals surface area contributed by atoms with Gasteiger partial charge in [0.1, 0.15) is 18.4 Å². The van der Waals surface area contributed by atoms with E-state index >= 15 is 0 Å².